The Balaban J connectivity index is 1.45. The monoisotopic (exact) mass is 354 g/mol. The minimum absolute atomic E-state index is 0.0770. The molecule has 136 valence electrons. The SMILES string of the molecule is COc1ccc(=O)n(CCCN2C=NN(C3=CNN(C(F)F)C3)C2)c1. The van der Waals surface area contributed by atoms with Crippen LogP contribution in [0.1, 0.15) is 6.42 Å². The molecular formula is C15H20F2N6O2. The number of nitrogens with zero attached hydrogens (tertiary/aromatic N) is 5. The van der Waals surface area contributed by atoms with Crippen molar-refractivity contribution >= 4 is 6.34 Å². The number of pyridine rings is 1. The first-order valence-corrected chi connectivity index (χ1v) is 7.87. The van der Waals surface area contributed by atoms with E-state index in [1.165, 1.54) is 12.3 Å². The lowest BCUT2D eigenvalue weighted by molar-refractivity contribution is -0.0390. The van der Waals surface area contributed by atoms with Gasteiger partial charge in [0, 0.05) is 31.6 Å². The van der Waals surface area contributed by atoms with E-state index in [1.807, 2.05) is 4.90 Å². The molecule has 8 nitrogen and oxygen atoms in total. The fraction of sp³-hybridized carbons (Fsp3) is 0.467. The van der Waals surface area contributed by atoms with E-state index in [4.69, 9.17) is 4.74 Å². The zero-order valence-corrected chi connectivity index (χ0v) is 13.8. The zero-order valence-electron chi connectivity index (χ0n) is 13.8. The third-order valence-electron chi connectivity index (χ3n) is 4.00. The lowest BCUT2D eigenvalue weighted by Crippen LogP contribution is -2.36. The number of halogens is 2. The molecular weight excluding hydrogens is 334 g/mol. The Hall–Kier alpha value is -2.62. The number of alkyl halides is 2. The van der Waals surface area contributed by atoms with Gasteiger partial charge in [-0.1, -0.05) is 0 Å². The van der Waals surface area contributed by atoms with E-state index in [9.17, 15) is 13.6 Å². The second kappa shape index (κ2) is 7.51. The number of aromatic nitrogens is 1. The van der Waals surface area contributed by atoms with Gasteiger partial charge in [-0.3, -0.25) is 4.79 Å². The number of ether oxygens (including phenoxy) is 1. The van der Waals surface area contributed by atoms with E-state index >= 15 is 0 Å². The normalized spacial score (nSPS) is 17.4. The molecule has 0 saturated carbocycles. The molecule has 0 aromatic carbocycles. The predicted molar refractivity (Wildman–Crippen MR) is 87.7 cm³/mol. The van der Waals surface area contributed by atoms with Gasteiger partial charge in [-0.15, -0.1) is 0 Å². The van der Waals surface area contributed by atoms with Crippen LogP contribution in [0, 0.1) is 0 Å². The molecule has 0 atom stereocenters. The molecule has 1 N–H and O–H groups in total. The minimum atomic E-state index is -2.56. The molecule has 0 unspecified atom stereocenters. The van der Waals surface area contributed by atoms with Crippen molar-refractivity contribution in [3.05, 3.63) is 40.6 Å². The van der Waals surface area contributed by atoms with Gasteiger partial charge in [0.2, 0.25) is 0 Å². The summed E-state index contributed by atoms with van der Waals surface area (Å²) in [5, 5.41) is 6.74. The largest absolute Gasteiger partial charge is 0.495 e. The van der Waals surface area contributed by atoms with Crippen molar-refractivity contribution in [3.63, 3.8) is 0 Å². The van der Waals surface area contributed by atoms with E-state index in [0.717, 1.165) is 11.4 Å². The maximum absolute atomic E-state index is 12.6. The van der Waals surface area contributed by atoms with E-state index in [2.05, 4.69) is 10.5 Å². The summed E-state index contributed by atoms with van der Waals surface area (Å²) in [6, 6.07) is 3.11. The Morgan fingerprint density at radius 2 is 2.20 bits per heavy atom. The molecule has 0 amide bonds. The van der Waals surface area contributed by atoms with Crippen molar-refractivity contribution in [2.45, 2.75) is 19.5 Å². The minimum Gasteiger partial charge on any atom is -0.495 e. The van der Waals surface area contributed by atoms with E-state index in [0.29, 0.717) is 31.2 Å². The number of nitrogens with one attached hydrogen (secondary N) is 1. The summed E-state index contributed by atoms with van der Waals surface area (Å²) >= 11 is 0. The second-order valence-corrected chi connectivity index (χ2v) is 5.71. The van der Waals surface area contributed by atoms with Gasteiger partial charge in [-0.2, -0.15) is 18.9 Å². The number of hydrogen-bond donors (Lipinski definition) is 1. The molecule has 1 aromatic rings. The van der Waals surface area contributed by atoms with Crippen molar-refractivity contribution in [2.24, 2.45) is 5.10 Å². The molecule has 2 aliphatic heterocycles. The molecule has 1 aromatic heterocycles. The molecule has 0 bridgehead atoms. The average molecular weight is 354 g/mol. The highest BCUT2D eigenvalue weighted by Crippen LogP contribution is 2.17. The van der Waals surface area contributed by atoms with E-state index in [1.54, 1.807) is 35.3 Å². The van der Waals surface area contributed by atoms with Gasteiger partial charge in [0.15, 0.2) is 0 Å². The molecule has 3 heterocycles. The fourth-order valence-electron chi connectivity index (χ4n) is 2.63. The lowest BCUT2D eigenvalue weighted by atomic mass is 10.3. The number of hydrogen-bond acceptors (Lipinski definition) is 7. The summed E-state index contributed by atoms with van der Waals surface area (Å²) in [5.74, 6) is 0.637. The third kappa shape index (κ3) is 4.08. The van der Waals surface area contributed by atoms with Crippen LogP contribution in [-0.4, -0.2) is 59.2 Å². The molecule has 2 aliphatic rings. The molecule has 0 radical (unpaired) electrons. The summed E-state index contributed by atoms with van der Waals surface area (Å²) in [6.45, 7) is -0.704. The summed E-state index contributed by atoms with van der Waals surface area (Å²) in [4.78, 5) is 13.8. The van der Waals surface area contributed by atoms with E-state index < -0.39 is 6.55 Å². The molecule has 0 spiro atoms. The van der Waals surface area contributed by atoms with Crippen LogP contribution < -0.4 is 15.7 Å². The van der Waals surface area contributed by atoms with Crippen molar-refractivity contribution in [1.29, 1.82) is 0 Å². The lowest BCUT2D eigenvalue weighted by Gasteiger charge is -2.20. The summed E-state index contributed by atoms with van der Waals surface area (Å²) in [5.41, 5.74) is 3.12. The molecule has 0 saturated heterocycles. The van der Waals surface area contributed by atoms with Crippen LogP contribution in [0.25, 0.3) is 0 Å². The van der Waals surface area contributed by atoms with Crippen LogP contribution >= 0.6 is 0 Å². The molecule has 0 fully saturated rings. The van der Waals surface area contributed by atoms with Crippen LogP contribution in [0.3, 0.4) is 0 Å². The fourth-order valence-corrected chi connectivity index (χ4v) is 2.63. The molecule has 0 aliphatic carbocycles. The Morgan fingerprint density at radius 3 is 2.92 bits per heavy atom. The Bertz CT molecular complexity index is 720. The zero-order chi connectivity index (χ0) is 17.8. The van der Waals surface area contributed by atoms with Gasteiger partial charge in [0.25, 0.3) is 5.56 Å². The quantitative estimate of drug-likeness (QED) is 0.726. The highest BCUT2D eigenvalue weighted by molar-refractivity contribution is 5.56. The van der Waals surface area contributed by atoms with Crippen LogP contribution in [0.5, 0.6) is 5.75 Å². The first-order valence-electron chi connectivity index (χ1n) is 7.87. The van der Waals surface area contributed by atoms with Crippen molar-refractivity contribution in [3.8, 4) is 5.75 Å². The van der Waals surface area contributed by atoms with Gasteiger partial charge >= 0.3 is 6.55 Å². The van der Waals surface area contributed by atoms with Crippen molar-refractivity contribution in [1.82, 2.24) is 24.9 Å². The number of aryl methyl sites for hydroxylation is 1. The molecule has 3 rings (SSSR count). The van der Waals surface area contributed by atoms with Gasteiger partial charge in [-0.25, -0.2) is 5.01 Å². The van der Waals surface area contributed by atoms with Gasteiger partial charge in [0.1, 0.15) is 18.8 Å². The number of hydrazine groups is 1. The Kier molecular flexibility index (Phi) is 5.17. The van der Waals surface area contributed by atoms with Crippen molar-refractivity contribution in [2.75, 3.05) is 26.9 Å². The second-order valence-electron chi connectivity index (χ2n) is 5.71. The summed E-state index contributed by atoms with van der Waals surface area (Å²) in [7, 11) is 1.56. The number of methoxy groups -OCH3 is 1. The summed E-state index contributed by atoms with van der Waals surface area (Å²) in [6.07, 6.45) is 5.64. The first kappa shape index (κ1) is 17.2. The Labute approximate surface area is 143 Å². The first-order chi connectivity index (χ1) is 12.1. The predicted octanol–water partition coefficient (Wildman–Crippen LogP) is 0.650. The topological polar surface area (TPSA) is 65.3 Å². The third-order valence-corrected chi connectivity index (χ3v) is 4.00. The van der Waals surface area contributed by atoms with Gasteiger partial charge in [-0.05, 0) is 12.5 Å². The van der Waals surface area contributed by atoms with Crippen molar-refractivity contribution < 1.29 is 13.5 Å². The van der Waals surface area contributed by atoms with Gasteiger partial charge in [0.05, 0.1) is 19.4 Å². The van der Waals surface area contributed by atoms with Crippen LogP contribution in [0.2, 0.25) is 0 Å². The maximum Gasteiger partial charge on any atom is 0.311 e. The highest BCUT2D eigenvalue weighted by Gasteiger charge is 2.27. The smallest absolute Gasteiger partial charge is 0.311 e. The standard InChI is InChI=1S/C15H20F2N6O2/c1-25-13-3-4-14(24)21(9-13)6-2-5-20-10-19-23(11-20)12-7-18-22(8-12)15(16)17/h3-4,7,9-10,15,18H,2,5-6,8,11H2,1H3. The Morgan fingerprint density at radius 1 is 1.36 bits per heavy atom. The van der Waals surface area contributed by atoms with Gasteiger partial charge < -0.3 is 19.6 Å². The van der Waals surface area contributed by atoms with E-state index in [-0.39, 0.29) is 12.1 Å². The highest BCUT2D eigenvalue weighted by atomic mass is 19.3. The molecule has 10 heteroatoms. The van der Waals surface area contributed by atoms with Crippen LogP contribution in [0.15, 0.2) is 40.1 Å². The average Bonchev–Trinajstić information content (AvgIpc) is 3.25. The van der Waals surface area contributed by atoms with Crippen LogP contribution in [-0.2, 0) is 6.54 Å². The number of hydrazone groups is 1. The van der Waals surface area contributed by atoms with Crippen LogP contribution in [0.4, 0.5) is 8.78 Å². The molecule has 25 heavy (non-hydrogen) atoms. The number of rotatable bonds is 7. The summed E-state index contributed by atoms with van der Waals surface area (Å²) < 4.78 is 32.0. The maximum atomic E-state index is 12.6.